The molecule has 2 heterocycles. The van der Waals surface area contributed by atoms with Crippen LogP contribution in [0.2, 0.25) is 0 Å². The summed E-state index contributed by atoms with van der Waals surface area (Å²) < 4.78 is 5.28. The number of thioether (sulfide) groups is 1. The maximum atomic E-state index is 5.28. The van der Waals surface area contributed by atoms with Crippen LogP contribution in [-0.4, -0.2) is 36.4 Å². The summed E-state index contributed by atoms with van der Waals surface area (Å²) in [6.45, 7) is 1.93. The highest BCUT2D eigenvalue weighted by molar-refractivity contribution is 7.98. The smallest absolute Gasteiger partial charge is 0.189 e. The number of nitrogens with zero attached hydrogens (tertiary/aromatic N) is 2. The molecule has 0 saturated carbocycles. The van der Waals surface area contributed by atoms with E-state index in [1.807, 2.05) is 30.5 Å². The minimum Gasteiger partial charge on any atom is -0.497 e. The topological polar surface area (TPSA) is 59.1 Å². The molecule has 6 heteroatoms. The van der Waals surface area contributed by atoms with Crippen LogP contribution in [0.25, 0.3) is 0 Å². The lowest BCUT2D eigenvalue weighted by Crippen LogP contribution is -2.16. The van der Waals surface area contributed by atoms with Gasteiger partial charge in [0, 0.05) is 30.3 Å². The fourth-order valence-electron chi connectivity index (χ4n) is 2.55. The van der Waals surface area contributed by atoms with Gasteiger partial charge in [-0.3, -0.25) is 0 Å². The Hall–Kier alpha value is -1.79. The molecule has 0 amide bonds. The molecule has 0 radical (unpaired) electrons. The maximum absolute atomic E-state index is 5.28. The van der Waals surface area contributed by atoms with Crippen molar-refractivity contribution in [2.75, 3.05) is 31.8 Å². The molecule has 22 heavy (non-hydrogen) atoms. The first-order valence-corrected chi connectivity index (χ1v) is 8.58. The van der Waals surface area contributed by atoms with Crippen LogP contribution in [0, 0.1) is 0 Å². The van der Waals surface area contributed by atoms with Crippen LogP contribution in [-0.2, 0) is 12.8 Å². The molecule has 2 aromatic rings. The van der Waals surface area contributed by atoms with Gasteiger partial charge >= 0.3 is 0 Å². The minimum atomic E-state index is 0.811. The third kappa shape index (κ3) is 3.34. The predicted molar refractivity (Wildman–Crippen MR) is 90.4 cm³/mol. The van der Waals surface area contributed by atoms with Gasteiger partial charge in [0.2, 0.25) is 0 Å². The Morgan fingerprint density at radius 3 is 2.91 bits per heavy atom. The number of aromatic nitrogens is 2. The predicted octanol–water partition coefficient (Wildman–Crippen LogP) is 2.64. The van der Waals surface area contributed by atoms with Crippen molar-refractivity contribution in [2.45, 2.75) is 18.0 Å². The van der Waals surface area contributed by atoms with E-state index in [0.29, 0.717) is 0 Å². The normalized spacial score (nSPS) is 14.1. The lowest BCUT2D eigenvalue weighted by molar-refractivity contribution is 0.415. The Morgan fingerprint density at radius 2 is 2.09 bits per heavy atom. The average Bonchev–Trinajstić information content (AvgIpc) is 2.80. The van der Waals surface area contributed by atoms with Crippen molar-refractivity contribution in [2.24, 2.45) is 0 Å². The van der Waals surface area contributed by atoms with Gasteiger partial charge in [-0.2, -0.15) is 0 Å². The van der Waals surface area contributed by atoms with E-state index in [0.717, 1.165) is 54.0 Å². The minimum absolute atomic E-state index is 0.811. The van der Waals surface area contributed by atoms with Gasteiger partial charge in [0.15, 0.2) is 5.16 Å². The molecule has 0 aliphatic carbocycles. The van der Waals surface area contributed by atoms with E-state index in [2.05, 4.69) is 20.6 Å². The van der Waals surface area contributed by atoms with Crippen LogP contribution in [0.15, 0.2) is 29.4 Å². The van der Waals surface area contributed by atoms with E-state index in [-0.39, 0.29) is 0 Å². The lowest BCUT2D eigenvalue weighted by atomic mass is 10.1. The zero-order valence-electron chi connectivity index (χ0n) is 12.8. The van der Waals surface area contributed by atoms with Gasteiger partial charge in [0.05, 0.1) is 12.8 Å². The Morgan fingerprint density at radius 1 is 1.23 bits per heavy atom. The Kier molecular flexibility index (Phi) is 4.80. The van der Waals surface area contributed by atoms with E-state index in [1.54, 1.807) is 18.9 Å². The SMILES string of the molecule is COc1cccc(Nc2nc(SC)nc3c2CCNCC3)c1. The summed E-state index contributed by atoms with van der Waals surface area (Å²) in [6.07, 6.45) is 3.89. The molecular weight excluding hydrogens is 296 g/mol. The number of anilines is 2. The number of nitrogens with one attached hydrogen (secondary N) is 2. The van der Waals surface area contributed by atoms with Crippen LogP contribution >= 0.6 is 11.8 Å². The summed E-state index contributed by atoms with van der Waals surface area (Å²) in [5.74, 6) is 1.74. The van der Waals surface area contributed by atoms with Gasteiger partial charge in [-0.05, 0) is 31.4 Å². The standard InChI is InChI=1S/C16H20N4OS/c1-21-12-5-3-4-11(10-12)18-15-13-6-8-17-9-7-14(13)19-16(20-15)22-2/h3-5,10,17H,6-9H2,1-2H3,(H,18,19,20). The molecule has 1 aromatic heterocycles. The highest BCUT2D eigenvalue weighted by Crippen LogP contribution is 2.27. The van der Waals surface area contributed by atoms with Crippen molar-refractivity contribution >= 4 is 23.3 Å². The largest absolute Gasteiger partial charge is 0.497 e. The second-order valence-corrected chi connectivity index (χ2v) is 5.86. The summed E-state index contributed by atoms with van der Waals surface area (Å²) in [7, 11) is 1.67. The summed E-state index contributed by atoms with van der Waals surface area (Å²) in [4.78, 5) is 9.34. The molecular formula is C16H20N4OS. The van der Waals surface area contributed by atoms with Gasteiger partial charge in [-0.25, -0.2) is 9.97 Å². The summed E-state index contributed by atoms with van der Waals surface area (Å²) in [5, 5.41) is 7.67. The second-order valence-electron chi connectivity index (χ2n) is 5.09. The van der Waals surface area contributed by atoms with Crippen LogP contribution in [0.3, 0.4) is 0 Å². The van der Waals surface area contributed by atoms with E-state index in [4.69, 9.17) is 4.74 Å². The van der Waals surface area contributed by atoms with Crippen molar-refractivity contribution in [3.8, 4) is 5.75 Å². The van der Waals surface area contributed by atoms with E-state index in [9.17, 15) is 0 Å². The molecule has 0 saturated heterocycles. The zero-order chi connectivity index (χ0) is 15.4. The molecule has 1 aliphatic heterocycles. The fraction of sp³-hybridized carbons (Fsp3) is 0.375. The third-order valence-electron chi connectivity index (χ3n) is 3.68. The molecule has 0 spiro atoms. The summed E-state index contributed by atoms with van der Waals surface area (Å²) in [5.41, 5.74) is 3.34. The maximum Gasteiger partial charge on any atom is 0.189 e. The van der Waals surface area contributed by atoms with Crippen molar-refractivity contribution < 1.29 is 4.74 Å². The number of hydrogen-bond donors (Lipinski definition) is 2. The summed E-state index contributed by atoms with van der Waals surface area (Å²) in [6, 6.07) is 7.90. The molecule has 2 N–H and O–H groups in total. The molecule has 1 aromatic carbocycles. The highest BCUT2D eigenvalue weighted by atomic mass is 32.2. The number of fused-ring (bicyclic) bond motifs is 1. The Bertz CT molecular complexity index is 663. The van der Waals surface area contributed by atoms with E-state index < -0.39 is 0 Å². The van der Waals surface area contributed by atoms with E-state index in [1.165, 1.54) is 5.56 Å². The highest BCUT2D eigenvalue weighted by Gasteiger charge is 2.16. The van der Waals surface area contributed by atoms with Crippen LogP contribution in [0.4, 0.5) is 11.5 Å². The van der Waals surface area contributed by atoms with E-state index >= 15 is 0 Å². The van der Waals surface area contributed by atoms with Gasteiger partial charge in [-0.1, -0.05) is 17.8 Å². The number of rotatable bonds is 4. The number of benzene rings is 1. The number of ether oxygens (including phenoxy) is 1. The quantitative estimate of drug-likeness (QED) is 0.668. The van der Waals surface area contributed by atoms with Crippen molar-refractivity contribution in [3.63, 3.8) is 0 Å². The molecule has 3 rings (SSSR count). The molecule has 1 aliphatic rings. The first-order valence-electron chi connectivity index (χ1n) is 7.35. The third-order valence-corrected chi connectivity index (χ3v) is 4.23. The molecule has 0 bridgehead atoms. The average molecular weight is 316 g/mol. The van der Waals surface area contributed by atoms with Crippen LogP contribution in [0.5, 0.6) is 5.75 Å². The molecule has 0 atom stereocenters. The first-order chi connectivity index (χ1) is 10.8. The Balaban J connectivity index is 1.97. The molecule has 0 fully saturated rings. The molecule has 116 valence electrons. The Labute approximate surface area is 134 Å². The lowest BCUT2D eigenvalue weighted by Gasteiger charge is -2.14. The van der Waals surface area contributed by atoms with Gasteiger partial charge in [0.1, 0.15) is 11.6 Å². The van der Waals surface area contributed by atoms with Crippen LogP contribution in [0.1, 0.15) is 11.3 Å². The molecule has 5 nitrogen and oxygen atoms in total. The van der Waals surface area contributed by atoms with Gasteiger partial charge in [-0.15, -0.1) is 0 Å². The van der Waals surface area contributed by atoms with Crippen molar-refractivity contribution in [1.29, 1.82) is 0 Å². The molecule has 0 unspecified atom stereocenters. The first kappa shape index (κ1) is 15.1. The summed E-state index contributed by atoms with van der Waals surface area (Å²) >= 11 is 1.57. The van der Waals surface area contributed by atoms with Gasteiger partial charge < -0.3 is 15.4 Å². The number of methoxy groups -OCH3 is 1. The van der Waals surface area contributed by atoms with Crippen molar-refractivity contribution in [3.05, 3.63) is 35.5 Å². The fourth-order valence-corrected chi connectivity index (χ4v) is 2.94. The van der Waals surface area contributed by atoms with Gasteiger partial charge in [0.25, 0.3) is 0 Å². The monoisotopic (exact) mass is 316 g/mol. The van der Waals surface area contributed by atoms with Crippen LogP contribution < -0.4 is 15.4 Å². The second kappa shape index (κ2) is 6.98. The number of hydrogen-bond acceptors (Lipinski definition) is 6. The zero-order valence-corrected chi connectivity index (χ0v) is 13.7. The van der Waals surface area contributed by atoms with Crippen molar-refractivity contribution in [1.82, 2.24) is 15.3 Å².